The number of nitrogens with zero attached hydrogens (tertiary/aromatic N) is 1. The normalized spacial score (nSPS) is 14.7. The Balaban J connectivity index is 1.53. The molecule has 1 aliphatic heterocycles. The summed E-state index contributed by atoms with van der Waals surface area (Å²) in [7, 11) is 0. The molecule has 27 heavy (non-hydrogen) atoms. The maximum Gasteiger partial charge on any atom is 0.251 e. The minimum atomic E-state index is -0.251. The summed E-state index contributed by atoms with van der Waals surface area (Å²) in [5.41, 5.74) is 3.50. The predicted octanol–water partition coefficient (Wildman–Crippen LogP) is 3.74. The second-order valence-corrected chi connectivity index (χ2v) is 7.19. The van der Waals surface area contributed by atoms with E-state index in [0.29, 0.717) is 5.56 Å². The van der Waals surface area contributed by atoms with Crippen molar-refractivity contribution in [1.82, 2.24) is 5.32 Å². The number of amides is 2. The van der Waals surface area contributed by atoms with E-state index in [0.717, 1.165) is 30.0 Å². The zero-order valence-electron chi connectivity index (χ0n) is 16.0. The first-order valence-electron chi connectivity index (χ1n) is 9.54. The molecule has 0 aromatic heterocycles. The van der Waals surface area contributed by atoms with Crippen LogP contribution < -0.4 is 15.5 Å². The first-order chi connectivity index (χ1) is 13.0. The molecule has 1 saturated heterocycles. The van der Waals surface area contributed by atoms with Gasteiger partial charge in [-0.05, 0) is 56.5 Å². The number of carbonyl (C=O) groups is 2. The fourth-order valence-corrected chi connectivity index (χ4v) is 3.43. The number of hydrogen-bond acceptors (Lipinski definition) is 3. The van der Waals surface area contributed by atoms with E-state index in [1.54, 1.807) is 6.07 Å². The molecule has 0 radical (unpaired) electrons. The maximum atomic E-state index is 12.4. The van der Waals surface area contributed by atoms with Crippen LogP contribution in [-0.2, 0) is 4.79 Å². The minimum Gasteiger partial charge on any atom is -0.371 e. The number of benzene rings is 2. The highest BCUT2D eigenvalue weighted by Crippen LogP contribution is 2.23. The van der Waals surface area contributed by atoms with Crippen LogP contribution in [0.1, 0.15) is 42.1 Å². The van der Waals surface area contributed by atoms with E-state index < -0.39 is 0 Å². The van der Waals surface area contributed by atoms with E-state index in [1.807, 2.05) is 50.2 Å². The molecular formula is C22H27N3O2. The van der Waals surface area contributed by atoms with Gasteiger partial charge in [-0.15, -0.1) is 0 Å². The number of carbonyl (C=O) groups excluding carboxylic acids is 2. The molecule has 2 aromatic carbocycles. The summed E-state index contributed by atoms with van der Waals surface area (Å²) in [5.74, 6) is -0.254. The highest BCUT2D eigenvalue weighted by atomic mass is 16.2. The summed E-state index contributed by atoms with van der Waals surface area (Å²) < 4.78 is 0. The van der Waals surface area contributed by atoms with Crippen LogP contribution in [0, 0.1) is 6.92 Å². The zero-order chi connectivity index (χ0) is 19.2. The van der Waals surface area contributed by atoms with Crippen molar-refractivity contribution in [1.29, 1.82) is 0 Å². The number of aryl methyl sites for hydroxylation is 1. The van der Waals surface area contributed by atoms with Gasteiger partial charge in [0.05, 0.1) is 0 Å². The Morgan fingerprint density at radius 2 is 1.81 bits per heavy atom. The summed E-state index contributed by atoms with van der Waals surface area (Å²) in [4.78, 5) is 27.1. The number of anilines is 2. The summed E-state index contributed by atoms with van der Waals surface area (Å²) in [6.07, 6.45) is 2.66. The van der Waals surface area contributed by atoms with E-state index in [-0.39, 0.29) is 24.3 Å². The second-order valence-electron chi connectivity index (χ2n) is 7.19. The zero-order valence-corrected chi connectivity index (χ0v) is 16.0. The van der Waals surface area contributed by atoms with E-state index in [4.69, 9.17) is 0 Å². The van der Waals surface area contributed by atoms with Crippen LogP contribution in [0.3, 0.4) is 0 Å². The van der Waals surface area contributed by atoms with Crippen molar-refractivity contribution in [2.45, 2.75) is 39.2 Å². The van der Waals surface area contributed by atoms with Gasteiger partial charge in [-0.1, -0.05) is 24.3 Å². The molecule has 0 bridgehead atoms. The molecule has 1 unspecified atom stereocenters. The fraction of sp³-hybridized carbons (Fsp3) is 0.364. The lowest BCUT2D eigenvalue weighted by atomic mass is 10.1. The fourth-order valence-electron chi connectivity index (χ4n) is 3.43. The van der Waals surface area contributed by atoms with Gasteiger partial charge in [-0.3, -0.25) is 9.59 Å². The van der Waals surface area contributed by atoms with Crippen LogP contribution >= 0.6 is 0 Å². The number of hydrogen-bond donors (Lipinski definition) is 2. The van der Waals surface area contributed by atoms with Gasteiger partial charge in [0.15, 0.2) is 0 Å². The molecule has 1 fully saturated rings. The molecule has 1 atom stereocenters. The average Bonchev–Trinajstić information content (AvgIpc) is 3.16. The van der Waals surface area contributed by atoms with E-state index >= 15 is 0 Å². The lowest BCUT2D eigenvalue weighted by molar-refractivity contribution is -0.116. The standard InChI is InChI=1S/C22H27N3O2/c1-16-8-3-4-11-20(16)22(27)23-17(2)14-21(26)24-18-9-7-10-19(15-18)25-12-5-6-13-25/h3-4,7-11,15,17H,5-6,12-14H2,1-2H3,(H,23,27)(H,24,26). The average molecular weight is 365 g/mol. The third-order valence-corrected chi connectivity index (χ3v) is 4.86. The Bertz CT molecular complexity index is 813. The Kier molecular flexibility index (Phi) is 6.12. The first-order valence-corrected chi connectivity index (χ1v) is 9.54. The Morgan fingerprint density at radius 3 is 2.56 bits per heavy atom. The largest absolute Gasteiger partial charge is 0.371 e. The molecule has 5 heteroatoms. The van der Waals surface area contributed by atoms with Crippen LogP contribution in [0.2, 0.25) is 0 Å². The Morgan fingerprint density at radius 1 is 1.07 bits per heavy atom. The third kappa shape index (κ3) is 5.09. The van der Waals surface area contributed by atoms with Crippen LogP contribution in [0.25, 0.3) is 0 Å². The maximum absolute atomic E-state index is 12.4. The van der Waals surface area contributed by atoms with E-state index in [1.165, 1.54) is 12.8 Å². The summed E-state index contributed by atoms with van der Waals surface area (Å²) in [6, 6.07) is 15.1. The lowest BCUT2D eigenvalue weighted by Gasteiger charge is -2.19. The molecule has 0 saturated carbocycles. The third-order valence-electron chi connectivity index (χ3n) is 4.86. The molecular weight excluding hydrogens is 338 g/mol. The summed E-state index contributed by atoms with van der Waals surface area (Å²) in [6.45, 7) is 5.88. The Labute approximate surface area is 160 Å². The predicted molar refractivity (Wildman–Crippen MR) is 109 cm³/mol. The Hall–Kier alpha value is -2.82. The lowest BCUT2D eigenvalue weighted by Crippen LogP contribution is -2.35. The molecule has 1 heterocycles. The van der Waals surface area contributed by atoms with Crippen molar-refractivity contribution in [3.63, 3.8) is 0 Å². The topological polar surface area (TPSA) is 61.4 Å². The molecule has 2 N–H and O–H groups in total. The first kappa shape index (κ1) is 19.0. The van der Waals surface area contributed by atoms with Crippen molar-refractivity contribution < 1.29 is 9.59 Å². The molecule has 2 aromatic rings. The van der Waals surface area contributed by atoms with Crippen LogP contribution in [0.15, 0.2) is 48.5 Å². The van der Waals surface area contributed by atoms with Gasteiger partial charge < -0.3 is 15.5 Å². The molecule has 5 nitrogen and oxygen atoms in total. The van der Waals surface area contributed by atoms with Gasteiger partial charge in [0.2, 0.25) is 5.91 Å². The highest BCUT2D eigenvalue weighted by molar-refractivity contribution is 5.96. The van der Waals surface area contributed by atoms with Gasteiger partial charge in [-0.25, -0.2) is 0 Å². The van der Waals surface area contributed by atoms with Crippen molar-refractivity contribution in [2.24, 2.45) is 0 Å². The number of rotatable bonds is 6. The highest BCUT2D eigenvalue weighted by Gasteiger charge is 2.16. The van der Waals surface area contributed by atoms with E-state index in [2.05, 4.69) is 21.6 Å². The van der Waals surface area contributed by atoms with Crippen molar-refractivity contribution in [2.75, 3.05) is 23.3 Å². The summed E-state index contributed by atoms with van der Waals surface area (Å²) >= 11 is 0. The minimum absolute atomic E-state index is 0.105. The molecule has 2 amide bonds. The van der Waals surface area contributed by atoms with Gasteiger partial charge >= 0.3 is 0 Å². The van der Waals surface area contributed by atoms with Gasteiger partial charge in [0, 0.05) is 42.5 Å². The summed E-state index contributed by atoms with van der Waals surface area (Å²) in [5, 5.41) is 5.85. The smallest absolute Gasteiger partial charge is 0.251 e. The quantitative estimate of drug-likeness (QED) is 0.820. The van der Waals surface area contributed by atoms with Crippen LogP contribution in [0.4, 0.5) is 11.4 Å². The molecule has 3 rings (SSSR count). The molecule has 1 aliphatic rings. The number of nitrogens with one attached hydrogen (secondary N) is 2. The van der Waals surface area contributed by atoms with Crippen molar-refractivity contribution >= 4 is 23.2 Å². The van der Waals surface area contributed by atoms with Gasteiger partial charge in [-0.2, -0.15) is 0 Å². The van der Waals surface area contributed by atoms with Crippen molar-refractivity contribution in [3.8, 4) is 0 Å². The van der Waals surface area contributed by atoms with Crippen LogP contribution in [0.5, 0.6) is 0 Å². The van der Waals surface area contributed by atoms with E-state index in [9.17, 15) is 9.59 Å². The molecule has 0 aliphatic carbocycles. The molecule has 0 spiro atoms. The van der Waals surface area contributed by atoms with Gasteiger partial charge in [0.25, 0.3) is 5.91 Å². The molecule has 142 valence electrons. The van der Waals surface area contributed by atoms with Crippen molar-refractivity contribution in [3.05, 3.63) is 59.7 Å². The second kappa shape index (κ2) is 8.71. The van der Waals surface area contributed by atoms with Gasteiger partial charge in [0.1, 0.15) is 0 Å². The SMILES string of the molecule is Cc1ccccc1C(=O)NC(C)CC(=O)Nc1cccc(N2CCCC2)c1. The van der Waals surface area contributed by atoms with Crippen LogP contribution in [-0.4, -0.2) is 30.9 Å². The monoisotopic (exact) mass is 365 g/mol.